The van der Waals surface area contributed by atoms with Crippen molar-refractivity contribution in [3.63, 3.8) is 0 Å². The lowest BCUT2D eigenvalue weighted by molar-refractivity contribution is 0.0599. The lowest BCUT2D eigenvalue weighted by Crippen LogP contribution is -2.26. The second-order valence-electron chi connectivity index (χ2n) is 4.91. The predicted octanol–water partition coefficient (Wildman–Crippen LogP) is 3.75. The number of unbranched alkanes of at least 4 members (excludes halogenated alkanes) is 1. The van der Waals surface area contributed by atoms with Gasteiger partial charge in [0.2, 0.25) is 0 Å². The molecule has 0 aliphatic heterocycles. The summed E-state index contributed by atoms with van der Waals surface area (Å²) in [4.78, 5) is 0. The summed E-state index contributed by atoms with van der Waals surface area (Å²) in [6.45, 7) is 4.48. The van der Waals surface area contributed by atoms with Gasteiger partial charge in [0.15, 0.2) is 0 Å². The molecule has 1 saturated carbocycles. The first kappa shape index (κ1) is 12.0. The van der Waals surface area contributed by atoms with Crippen LogP contribution in [0.2, 0.25) is 0 Å². The Hall–Kier alpha value is -0.0400. The summed E-state index contributed by atoms with van der Waals surface area (Å²) >= 11 is 0. The van der Waals surface area contributed by atoms with Gasteiger partial charge < -0.3 is 5.11 Å². The zero-order valence-corrected chi connectivity index (χ0v) is 9.84. The highest BCUT2D eigenvalue weighted by atomic mass is 16.3. The van der Waals surface area contributed by atoms with Gasteiger partial charge in [-0.2, -0.15) is 0 Å². The monoisotopic (exact) mass is 198 g/mol. The van der Waals surface area contributed by atoms with E-state index in [0.29, 0.717) is 5.92 Å². The van der Waals surface area contributed by atoms with Crippen LogP contribution in [0.5, 0.6) is 0 Å². The van der Waals surface area contributed by atoms with Crippen LogP contribution < -0.4 is 0 Å². The van der Waals surface area contributed by atoms with Crippen molar-refractivity contribution >= 4 is 0 Å². The van der Waals surface area contributed by atoms with Crippen molar-refractivity contribution in [2.45, 2.75) is 71.3 Å². The smallest absolute Gasteiger partial charge is 0.0568 e. The molecule has 0 aromatic rings. The van der Waals surface area contributed by atoms with Crippen molar-refractivity contribution in [1.82, 2.24) is 0 Å². The van der Waals surface area contributed by atoms with E-state index in [2.05, 4.69) is 13.8 Å². The molecule has 0 radical (unpaired) electrons. The van der Waals surface area contributed by atoms with Crippen LogP contribution >= 0.6 is 0 Å². The maximum Gasteiger partial charge on any atom is 0.0568 e. The van der Waals surface area contributed by atoms with Crippen LogP contribution in [0.1, 0.15) is 65.2 Å². The Balaban J connectivity index is 2.27. The molecule has 1 fully saturated rings. The largest absolute Gasteiger partial charge is 0.393 e. The van der Waals surface area contributed by atoms with Gasteiger partial charge in [0.25, 0.3) is 0 Å². The molecule has 1 rings (SSSR count). The molecule has 1 aliphatic rings. The van der Waals surface area contributed by atoms with Gasteiger partial charge in [-0.15, -0.1) is 0 Å². The lowest BCUT2D eigenvalue weighted by Gasteiger charge is -2.31. The minimum Gasteiger partial charge on any atom is -0.393 e. The third-order valence-electron chi connectivity index (χ3n) is 3.80. The third-order valence-corrected chi connectivity index (χ3v) is 3.80. The molecule has 1 N–H and O–H groups in total. The second-order valence-corrected chi connectivity index (χ2v) is 4.91. The lowest BCUT2D eigenvalue weighted by atomic mass is 9.77. The summed E-state index contributed by atoms with van der Waals surface area (Å²) in [6, 6.07) is 0. The molecule has 1 nitrogen and oxygen atoms in total. The average molecular weight is 198 g/mol. The van der Waals surface area contributed by atoms with E-state index >= 15 is 0 Å². The fourth-order valence-electron chi connectivity index (χ4n) is 2.70. The second kappa shape index (κ2) is 6.44. The molecule has 3 unspecified atom stereocenters. The van der Waals surface area contributed by atoms with E-state index in [4.69, 9.17) is 0 Å². The van der Waals surface area contributed by atoms with Gasteiger partial charge in [0.05, 0.1) is 6.10 Å². The van der Waals surface area contributed by atoms with Gasteiger partial charge in [-0.25, -0.2) is 0 Å². The molecule has 0 aromatic carbocycles. The quantitative estimate of drug-likeness (QED) is 0.713. The first-order valence-corrected chi connectivity index (χ1v) is 6.46. The standard InChI is InChI=1S/C13H26O/c1-3-5-9-13(14)12-8-6-7-11(4-2)10-12/h11-14H,3-10H2,1-2H3. The molecule has 0 heterocycles. The predicted molar refractivity (Wildman–Crippen MR) is 61.3 cm³/mol. The zero-order valence-electron chi connectivity index (χ0n) is 9.84. The van der Waals surface area contributed by atoms with Crippen molar-refractivity contribution < 1.29 is 5.11 Å². The van der Waals surface area contributed by atoms with Crippen molar-refractivity contribution in [3.05, 3.63) is 0 Å². The molecule has 14 heavy (non-hydrogen) atoms. The van der Waals surface area contributed by atoms with E-state index in [1.807, 2.05) is 0 Å². The van der Waals surface area contributed by atoms with Gasteiger partial charge in [-0.1, -0.05) is 46.0 Å². The zero-order chi connectivity index (χ0) is 10.4. The maximum atomic E-state index is 10.0. The molecular weight excluding hydrogens is 172 g/mol. The Morgan fingerprint density at radius 1 is 1.29 bits per heavy atom. The first-order valence-electron chi connectivity index (χ1n) is 6.46. The van der Waals surface area contributed by atoms with Crippen LogP contribution in [0.4, 0.5) is 0 Å². The van der Waals surface area contributed by atoms with Gasteiger partial charge >= 0.3 is 0 Å². The molecule has 0 spiro atoms. The van der Waals surface area contributed by atoms with Gasteiger partial charge in [0, 0.05) is 0 Å². The Morgan fingerprint density at radius 2 is 2.07 bits per heavy atom. The minimum absolute atomic E-state index is 0.00991. The first-order chi connectivity index (χ1) is 6.77. The van der Waals surface area contributed by atoms with Crippen LogP contribution in [-0.2, 0) is 0 Å². The number of rotatable bonds is 5. The fraction of sp³-hybridized carbons (Fsp3) is 1.00. The Bertz CT molecular complexity index is 144. The van der Waals surface area contributed by atoms with Crippen LogP contribution in [-0.4, -0.2) is 11.2 Å². The van der Waals surface area contributed by atoms with Crippen molar-refractivity contribution in [3.8, 4) is 0 Å². The summed E-state index contributed by atoms with van der Waals surface area (Å²) in [5, 5.41) is 10.0. The molecule has 0 saturated heterocycles. The van der Waals surface area contributed by atoms with E-state index in [1.54, 1.807) is 0 Å². The Kier molecular flexibility index (Phi) is 5.54. The summed E-state index contributed by atoms with van der Waals surface area (Å²) in [5.41, 5.74) is 0. The summed E-state index contributed by atoms with van der Waals surface area (Å²) in [7, 11) is 0. The van der Waals surface area contributed by atoms with Gasteiger partial charge in [-0.3, -0.25) is 0 Å². The van der Waals surface area contributed by atoms with Crippen molar-refractivity contribution in [2.24, 2.45) is 11.8 Å². The van der Waals surface area contributed by atoms with E-state index in [-0.39, 0.29) is 6.10 Å². The highest BCUT2D eigenvalue weighted by Gasteiger charge is 2.25. The van der Waals surface area contributed by atoms with E-state index in [9.17, 15) is 5.11 Å². The van der Waals surface area contributed by atoms with Gasteiger partial charge in [-0.05, 0) is 31.1 Å². The number of hydrogen-bond donors (Lipinski definition) is 1. The Labute approximate surface area is 88.9 Å². The number of aliphatic hydroxyl groups excluding tert-OH is 1. The van der Waals surface area contributed by atoms with Crippen LogP contribution in [0.15, 0.2) is 0 Å². The maximum absolute atomic E-state index is 10.0. The topological polar surface area (TPSA) is 20.2 Å². The molecule has 0 aromatic heterocycles. The summed E-state index contributed by atoms with van der Waals surface area (Å²) < 4.78 is 0. The van der Waals surface area contributed by atoms with Crippen molar-refractivity contribution in [1.29, 1.82) is 0 Å². The molecule has 1 heteroatoms. The number of aliphatic hydroxyl groups is 1. The van der Waals surface area contributed by atoms with Gasteiger partial charge in [0.1, 0.15) is 0 Å². The summed E-state index contributed by atoms with van der Waals surface area (Å²) in [5.74, 6) is 1.50. The molecule has 3 atom stereocenters. The fourth-order valence-corrected chi connectivity index (χ4v) is 2.70. The van der Waals surface area contributed by atoms with Crippen LogP contribution in [0.3, 0.4) is 0 Å². The van der Waals surface area contributed by atoms with Crippen molar-refractivity contribution in [2.75, 3.05) is 0 Å². The molecule has 1 aliphatic carbocycles. The molecule has 0 amide bonds. The van der Waals surface area contributed by atoms with Crippen LogP contribution in [0.25, 0.3) is 0 Å². The number of hydrogen-bond acceptors (Lipinski definition) is 1. The normalized spacial score (nSPS) is 30.2. The molecular formula is C13H26O. The average Bonchev–Trinajstić information content (AvgIpc) is 2.26. The van der Waals surface area contributed by atoms with Crippen LogP contribution in [0, 0.1) is 11.8 Å². The highest BCUT2D eigenvalue weighted by molar-refractivity contribution is 4.77. The summed E-state index contributed by atoms with van der Waals surface area (Å²) in [6.07, 6.45) is 10.00. The van der Waals surface area contributed by atoms with E-state index < -0.39 is 0 Å². The third kappa shape index (κ3) is 3.61. The van der Waals surface area contributed by atoms with E-state index in [1.165, 1.54) is 44.9 Å². The molecule has 0 bridgehead atoms. The highest BCUT2D eigenvalue weighted by Crippen LogP contribution is 2.34. The molecule has 84 valence electrons. The SMILES string of the molecule is CCCCC(O)C1CCCC(CC)C1. The van der Waals surface area contributed by atoms with E-state index in [0.717, 1.165) is 12.3 Å². The minimum atomic E-state index is -0.00991. The Morgan fingerprint density at radius 3 is 2.71 bits per heavy atom.